The number of ether oxygens (including phenoxy) is 1. The third-order valence-electron chi connectivity index (χ3n) is 3.21. The maximum Gasteiger partial charge on any atom is 0.357 e. The maximum atomic E-state index is 11.8. The quantitative estimate of drug-likeness (QED) is 0.384. The summed E-state index contributed by atoms with van der Waals surface area (Å²) in [5, 5.41) is 8.78. The number of hydrogen-bond acceptors (Lipinski definition) is 6. The Labute approximate surface area is 133 Å². The molecule has 0 aliphatic heterocycles. The molecule has 2 aromatic rings. The third kappa shape index (κ3) is 2.92. The Morgan fingerprint density at radius 2 is 2.27 bits per heavy atom. The van der Waals surface area contributed by atoms with Crippen LogP contribution in [0.25, 0.3) is 0 Å². The SMILES string of the molecule is C=CCc1sc(C(=N)c2cccc(C)c2N)nc1C(=O)OC. The van der Waals surface area contributed by atoms with Crippen molar-refractivity contribution in [2.75, 3.05) is 12.8 Å². The van der Waals surface area contributed by atoms with Crippen LogP contribution in [-0.4, -0.2) is 23.8 Å². The monoisotopic (exact) mass is 315 g/mol. The van der Waals surface area contributed by atoms with Crippen LogP contribution in [0.2, 0.25) is 0 Å². The molecule has 1 heterocycles. The molecule has 3 N–H and O–H groups in total. The molecule has 1 aromatic heterocycles. The van der Waals surface area contributed by atoms with Gasteiger partial charge in [-0.05, 0) is 12.5 Å². The minimum Gasteiger partial charge on any atom is -0.464 e. The highest BCUT2D eigenvalue weighted by atomic mass is 32.1. The molecule has 0 spiro atoms. The number of carbonyl (C=O) groups excluding carboxylic acids is 1. The fraction of sp³-hybridized carbons (Fsp3) is 0.188. The van der Waals surface area contributed by atoms with Crippen LogP contribution >= 0.6 is 11.3 Å². The average Bonchev–Trinajstić information content (AvgIpc) is 2.93. The zero-order valence-corrected chi connectivity index (χ0v) is 13.3. The summed E-state index contributed by atoms with van der Waals surface area (Å²) in [5.74, 6) is -0.510. The number of nitrogens with zero attached hydrogens (tertiary/aromatic N) is 1. The molecule has 0 saturated heterocycles. The van der Waals surface area contributed by atoms with E-state index in [4.69, 9.17) is 15.9 Å². The van der Waals surface area contributed by atoms with Gasteiger partial charge in [0.2, 0.25) is 0 Å². The van der Waals surface area contributed by atoms with E-state index in [-0.39, 0.29) is 11.4 Å². The Hall–Kier alpha value is -2.47. The Kier molecular flexibility index (Phi) is 4.72. The lowest BCUT2D eigenvalue weighted by Gasteiger charge is -2.07. The van der Waals surface area contributed by atoms with Gasteiger partial charge in [0, 0.05) is 22.5 Å². The van der Waals surface area contributed by atoms with E-state index >= 15 is 0 Å². The number of nitrogens with one attached hydrogen (secondary N) is 1. The second-order valence-corrected chi connectivity index (χ2v) is 5.77. The lowest BCUT2D eigenvalue weighted by atomic mass is 10.0. The molecule has 6 heteroatoms. The predicted molar refractivity (Wildman–Crippen MR) is 88.9 cm³/mol. The summed E-state index contributed by atoms with van der Waals surface area (Å²) in [5.41, 5.74) is 8.53. The highest BCUT2D eigenvalue weighted by Crippen LogP contribution is 2.26. The standard InChI is InChI=1S/C16H17N3O2S/c1-4-6-11-14(16(20)21-3)19-15(22-11)13(18)10-8-5-7-9(2)12(10)17/h4-5,7-8,18H,1,6,17H2,2-3H3. The largest absolute Gasteiger partial charge is 0.464 e. The summed E-state index contributed by atoms with van der Waals surface area (Å²) in [6.07, 6.45) is 2.19. The molecule has 0 atom stereocenters. The lowest BCUT2D eigenvalue weighted by molar-refractivity contribution is 0.0594. The van der Waals surface area contributed by atoms with Gasteiger partial charge in [-0.3, -0.25) is 5.41 Å². The van der Waals surface area contributed by atoms with E-state index in [0.29, 0.717) is 22.7 Å². The number of carbonyl (C=O) groups is 1. The number of hydrogen-bond donors (Lipinski definition) is 2. The van der Waals surface area contributed by atoms with Gasteiger partial charge in [0.25, 0.3) is 0 Å². The molecule has 114 valence electrons. The van der Waals surface area contributed by atoms with Crippen molar-refractivity contribution in [3.05, 3.63) is 57.6 Å². The Bertz CT molecular complexity index is 750. The highest BCUT2D eigenvalue weighted by Gasteiger charge is 2.21. The summed E-state index contributed by atoms with van der Waals surface area (Å²) in [6.45, 7) is 5.56. The van der Waals surface area contributed by atoms with Crippen molar-refractivity contribution in [1.29, 1.82) is 5.41 Å². The van der Waals surface area contributed by atoms with E-state index in [2.05, 4.69) is 11.6 Å². The molecule has 0 unspecified atom stereocenters. The van der Waals surface area contributed by atoms with E-state index in [9.17, 15) is 4.79 Å². The molecule has 0 bridgehead atoms. The van der Waals surface area contributed by atoms with E-state index in [1.165, 1.54) is 18.4 Å². The summed E-state index contributed by atoms with van der Waals surface area (Å²) in [6, 6.07) is 5.50. The van der Waals surface area contributed by atoms with Gasteiger partial charge in [-0.15, -0.1) is 17.9 Å². The molecule has 0 radical (unpaired) electrons. The van der Waals surface area contributed by atoms with E-state index in [1.807, 2.05) is 19.1 Å². The predicted octanol–water partition coefficient (Wildman–Crippen LogP) is 2.96. The van der Waals surface area contributed by atoms with Crippen molar-refractivity contribution >= 4 is 28.7 Å². The molecule has 2 rings (SSSR count). The number of rotatable bonds is 5. The van der Waals surface area contributed by atoms with Crippen LogP contribution in [0.5, 0.6) is 0 Å². The first-order valence-corrected chi connectivity index (χ1v) is 7.44. The second kappa shape index (κ2) is 6.53. The van der Waals surface area contributed by atoms with Gasteiger partial charge in [-0.25, -0.2) is 9.78 Å². The van der Waals surface area contributed by atoms with Crippen LogP contribution in [0, 0.1) is 12.3 Å². The molecule has 1 aromatic carbocycles. The van der Waals surface area contributed by atoms with Crippen LogP contribution < -0.4 is 5.73 Å². The van der Waals surface area contributed by atoms with Gasteiger partial charge in [-0.2, -0.15) is 0 Å². The number of allylic oxidation sites excluding steroid dienone is 1. The Morgan fingerprint density at radius 3 is 2.91 bits per heavy atom. The number of nitrogen functional groups attached to an aromatic ring is 1. The number of para-hydroxylation sites is 1. The second-order valence-electron chi connectivity index (χ2n) is 4.69. The van der Waals surface area contributed by atoms with Crippen LogP contribution in [0.15, 0.2) is 30.9 Å². The molecule has 0 aliphatic carbocycles. The summed E-state index contributed by atoms with van der Waals surface area (Å²) >= 11 is 1.28. The number of nitrogens with two attached hydrogens (primary N) is 1. The zero-order chi connectivity index (χ0) is 16.3. The normalized spacial score (nSPS) is 10.3. The summed E-state index contributed by atoms with van der Waals surface area (Å²) in [4.78, 5) is 16.8. The number of thiazole rings is 1. The van der Waals surface area contributed by atoms with Crippen molar-refractivity contribution < 1.29 is 9.53 Å². The lowest BCUT2D eigenvalue weighted by Crippen LogP contribution is -2.08. The molecule has 0 aliphatic rings. The van der Waals surface area contributed by atoms with Gasteiger partial charge >= 0.3 is 5.97 Å². The first-order valence-electron chi connectivity index (χ1n) is 6.62. The van der Waals surface area contributed by atoms with Gasteiger partial charge in [-0.1, -0.05) is 24.3 Å². The van der Waals surface area contributed by atoms with Crippen molar-refractivity contribution in [3.63, 3.8) is 0 Å². The number of methoxy groups -OCH3 is 1. The van der Waals surface area contributed by atoms with E-state index in [1.54, 1.807) is 12.1 Å². The molecule has 0 saturated carbocycles. The van der Waals surface area contributed by atoms with Crippen LogP contribution in [0.3, 0.4) is 0 Å². The highest BCUT2D eigenvalue weighted by molar-refractivity contribution is 7.14. The third-order valence-corrected chi connectivity index (χ3v) is 4.31. The van der Waals surface area contributed by atoms with Crippen molar-refractivity contribution in [2.45, 2.75) is 13.3 Å². The fourth-order valence-corrected chi connectivity index (χ4v) is 3.01. The molecular formula is C16H17N3O2S. The molecule has 0 amide bonds. The van der Waals surface area contributed by atoms with Gasteiger partial charge < -0.3 is 10.5 Å². The maximum absolute atomic E-state index is 11.8. The van der Waals surface area contributed by atoms with E-state index < -0.39 is 5.97 Å². The van der Waals surface area contributed by atoms with Crippen LogP contribution in [0.4, 0.5) is 5.69 Å². The average molecular weight is 315 g/mol. The number of aryl methyl sites for hydroxylation is 1. The summed E-state index contributed by atoms with van der Waals surface area (Å²) in [7, 11) is 1.31. The first-order chi connectivity index (χ1) is 10.5. The fourth-order valence-electron chi connectivity index (χ4n) is 2.00. The van der Waals surface area contributed by atoms with Crippen LogP contribution in [-0.2, 0) is 11.2 Å². The molecular weight excluding hydrogens is 298 g/mol. The minimum atomic E-state index is -0.510. The molecule has 0 fully saturated rings. The summed E-state index contributed by atoms with van der Waals surface area (Å²) < 4.78 is 4.74. The smallest absolute Gasteiger partial charge is 0.357 e. The zero-order valence-electron chi connectivity index (χ0n) is 12.5. The number of anilines is 1. The molecule has 5 nitrogen and oxygen atoms in total. The topological polar surface area (TPSA) is 89.1 Å². The van der Waals surface area contributed by atoms with Crippen molar-refractivity contribution in [2.24, 2.45) is 0 Å². The van der Waals surface area contributed by atoms with Crippen molar-refractivity contribution in [1.82, 2.24) is 4.98 Å². The van der Waals surface area contributed by atoms with Gasteiger partial charge in [0.1, 0.15) is 5.01 Å². The number of esters is 1. The Balaban J connectivity index is 2.48. The minimum absolute atomic E-state index is 0.201. The first kappa shape index (κ1) is 15.9. The number of benzene rings is 1. The van der Waals surface area contributed by atoms with Gasteiger partial charge in [0.15, 0.2) is 5.69 Å². The number of aromatic nitrogens is 1. The van der Waals surface area contributed by atoms with Crippen molar-refractivity contribution in [3.8, 4) is 0 Å². The molecule has 22 heavy (non-hydrogen) atoms. The van der Waals surface area contributed by atoms with Crippen LogP contribution in [0.1, 0.15) is 31.5 Å². The van der Waals surface area contributed by atoms with E-state index in [0.717, 1.165) is 10.4 Å². The Morgan fingerprint density at radius 1 is 1.55 bits per heavy atom. The van der Waals surface area contributed by atoms with Gasteiger partial charge in [0.05, 0.1) is 12.8 Å².